The molecule has 7 atom stereocenters. The first kappa shape index (κ1) is 18.3. The summed E-state index contributed by atoms with van der Waals surface area (Å²) in [5.74, 6) is -0.861. The van der Waals surface area contributed by atoms with Crippen LogP contribution in [0.15, 0.2) is 23.2 Å². The van der Waals surface area contributed by atoms with Crippen LogP contribution in [0.25, 0.3) is 0 Å². The Kier molecular flexibility index (Phi) is 4.02. The first-order valence-corrected chi connectivity index (χ1v) is 9.54. The summed E-state index contributed by atoms with van der Waals surface area (Å²) in [7, 11) is 2.97. The number of ether oxygens (including phenoxy) is 3. The largest absolute Gasteiger partial charge is 0.493 e. The molecular formula is C21H26O6. The van der Waals surface area contributed by atoms with Crippen LogP contribution in [0.1, 0.15) is 33.6 Å². The molecule has 7 unspecified atom stereocenters. The predicted octanol–water partition coefficient (Wildman–Crippen LogP) is 2.43. The summed E-state index contributed by atoms with van der Waals surface area (Å²) >= 11 is 0. The summed E-state index contributed by atoms with van der Waals surface area (Å²) in [5.41, 5.74) is -0.101. The van der Waals surface area contributed by atoms with Crippen molar-refractivity contribution in [1.82, 2.24) is 0 Å². The van der Waals surface area contributed by atoms with Crippen molar-refractivity contribution in [3.8, 4) is 0 Å². The summed E-state index contributed by atoms with van der Waals surface area (Å²) in [6, 6.07) is 0. The van der Waals surface area contributed by atoms with Crippen LogP contribution in [0.5, 0.6) is 0 Å². The van der Waals surface area contributed by atoms with Gasteiger partial charge >= 0.3 is 5.97 Å². The van der Waals surface area contributed by atoms with E-state index in [2.05, 4.69) is 0 Å². The minimum Gasteiger partial charge on any atom is -0.493 e. The third-order valence-electron chi connectivity index (χ3n) is 7.46. The molecule has 1 saturated carbocycles. The van der Waals surface area contributed by atoms with Crippen molar-refractivity contribution in [3.63, 3.8) is 0 Å². The third-order valence-corrected chi connectivity index (χ3v) is 7.46. The molecule has 146 valence electrons. The highest BCUT2D eigenvalue weighted by atomic mass is 16.5. The second-order valence-corrected chi connectivity index (χ2v) is 8.52. The van der Waals surface area contributed by atoms with Crippen molar-refractivity contribution in [2.75, 3.05) is 14.2 Å². The van der Waals surface area contributed by atoms with Crippen LogP contribution in [0, 0.1) is 35.0 Å². The average Bonchev–Trinajstić information content (AvgIpc) is 2.63. The topological polar surface area (TPSA) is 78.9 Å². The number of allylic oxidation sites excluding steroid dienone is 4. The molecule has 0 N–H and O–H groups in total. The van der Waals surface area contributed by atoms with Crippen LogP contribution >= 0.6 is 0 Å². The van der Waals surface area contributed by atoms with Crippen molar-refractivity contribution in [2.45, 2.75) is 39.7 Å². The van der Waals surface area contributed by atoms with Gasteiger partial charge in [0.2, 0.25) is 11.6 Å². The van der Waals surface area contributed by atoms with Gasteiger partial charge in [-0.3, -0.25) is 14.4 Å². The van der Waals surface area contributed by atoms with Gasteiger partial charge in [0.05, 0.1) is 20.6 Å². The van der Waals surface area contributed by atoms with E-state index in [0.29, 0.717) is 17.9 Å². The van der Waals surface area contributed by atoms with Crippen LogP contribution in [0.4, 0.5) is 0 Å². The molecule has 0 aromatic rings. The van der Waals surface area contributed by atoms with Crippen molar-refractivity contribution in [1.29, 1.82) is 0 Å². The molecule has 0 aromatic heterocycles. The van der Waals surface area contributed by atoms with Gasteiger partial charge in [0, 0.05) is 23.2 Å². The zero-order valence-electron chi connectivity index (χ0n) is 16.4. The highest BCUT2D eigenvalue weighted by Crippen LogP contribution is 2.61. The molecule has 0 aromatic carbocycles. The maximum absolute atomic E-state index is 13.5. The molecule has 0 spiro atoms. The molecule has 0 amide bonds. The number of hydrogen-bond acceptors (Lipinski definition) is 6. The summed E-state index contributed by atoms with van der Waals surface area (Å²) in [6.07, 6.45) is 2.30. The quantitative estimate of drug-likeness (QED) is 0.691. The molecule has 27 heavy (non-hydrogen) atoms. The van der Waals surface area contributed by atoms with Gasteiger partial charge in [0.15, 0.2) is 11.5 Å². The molecule has 1 saturated heterocycles. The molecule has 2 fully saturated rings. The fraction of sp³-hybridized carbons (Fsp3) is 0.667. The number of Topliss-reactive ketones (excluding diaryl/α,β-unsaturated/α-hetero) is 2. The van der Waals surface area contributed by atoms with Gasteiger partial charge in [-0.25, -0.2) is 0 Å². The van der Waals surface area contributed by atoms with Gasteiger partial charge in [0.1, 0.15) is 6.10 Å². The fourth-order valence-electron chi connectivity index (χ4n) is 6.23. The number of rotatable bonds is 2. The summed E-state index contributed by atoms with van der Waals surface area (Å²) in [4.78, 5) is 39.1. The first-order valence-electron chi connectivity index (χ1n) is 9.54. The lowest BCUT2D eigenvalue weighted by atomic mass is 9.45. The Hall–Kier alpha value is -2.11. The van der Waals surface area contributed by atoms with Crippen molar-refractivity contribution in [3.05, 3.63) is 23.2 Å². The number of esters is 1. The Bertz CT molecular complexity index is 792. The fourth-order valence-corrected chi connectivity index (χ4v) is 6.23. The highest BCUT2D eigenvalue weighted by molar-refractivity contribution is 6.07. The zero-order chi connectivity index (χ0) is 19.7. The lowest BCUT2D eigenvalue weighted by molar-refractivity contribution is -0.192. The Morgan fingerprint density at radius 1 is 1.19 bits per heavy atom. The van der Waals surface area contributed by atoms with E-state index in [1.165, 1.54) is 14.2 Å². The Morgan fingerprint density at radius 3 is 2.52 bits per heavy atom. The smallest absolute Gasteiger partial charge is 0.306 e. The van der Waals surface area contributed by atoms with Crippen LogP contribution in [0.2, 0.25) is 0 Å². The zero-order valence-corrected chi connectivity index (χ0v) is 16.4. The molecular weight excluding hydrogens is 348 g/mol. The third kappa shape index (κ3) is 2.21. The van der Waals surface area contributed by atoms with E-state index >= 15 is 0 Å². The number of hydrogen-bond donors (Lipinski definition) is 0. The van der Waals surface area contributed by atoms with Crippen LogP contribution in [-0.2, 0) is 28.6 Å². The Morgan fingerprint density at radius 2 is 1.89 bits per heavy atom. The van der Waals surface area contributed by atoms with Crippen molar-refractivity contribution < 1.29 is 28.6 Å². The van der Waals surface area contributed by atoms with Crippen LogP contribution in [0.3, 0.4) is 0 Å². The molecule has 4 rings (SSSR count). The number of fused-ring (bicyclic) bond motifs is 2. The van der Waals surface area contributed by atoms with E-state index in [-0.39, 0.29) is 53.7 Å². The average molecular weight is 374 g/mol. The number of carbonyl (C=O) groups excluding carboxylic acids is 3. The van der Waals surface area contributed by atoms with Crippen LogP contribution in [-0.4, -0.2) is 37.9 Å². The second-order valence-electron chi connectivity index (χ2n) is 8.52. The second kappa shape index (κ2) is 5.94. The van der Waals surface area contributed by atoms with E-state index in [9.17, 15) is 14.4 Å². The molecule has 1 heterocycles. The van der Waals surface area contributed by atoms with E-state index < -0.39 is 11.3 Å². The normalized spacial score (nSPS) is 43.4. The molecule has 1 aliphatic heterocycles. The molecule has 3 aliphatic carbocycles. The Balaban J connectivity index is 1.92. The van der Waals surface area contributed by atoms with Gasteiger partial charge in [-0.1, -0.05) is 13.8 Å². The highest BCUT2D eigenvalue weighted by Gasteiger charge is 2.67. The molecule has 0 bridgehead atoms. The monoisotopic (exact) mass is 374 g/mol. The predicted molar refractivity (Wildman–Crippen MR) is 95.2 cm³/mol. The molecule has 0 radical (unpaired) electrons. The Labute approximate surface area is 158 Å². The minimum absolute atomic E-state index is 0.0356. The van der Waals surface area contributed by atoms with Crippen molar-refractivity contribution >= 4 is 17.5 Å². The first-order chi connectivity index (χ1) is 12.7. The van der Waals surface area contributed by atoms with Gasteiger partial charge in [0.25, 0.3) is 0 Å². The number of ketones is 2. The van der Waals surface area contributed by atoms with Gasteiger partial charge < -0.3 is 14.2 Å². The number of carbonyl (C=O) groups is 3. The SMILES string of the molecule is COC1=CC(C)C2CC3OC(=O)CC4C(C)=C(OC)C(=O)C(C34)C2(C)C1=O. The minimum atomic E-state index is -0.899. The summed E-state index contributed by atoms with van der Waals surface area (Å²) in [5, 5.41) is 0. The maximum atomic E-state index is 13.5. The summed E-state index contributed by atoms with van der Waals surface area (Å²) in [6.45, 7) is 5.78. The van der Waals surface area contributed by atoms with E-state index in [0.717, 1.165) is 5.57 Å². The van der Waals surface area contributed by atoms with Gasteiger partial charge in [-0.2, -0.15) is 0 Å². The van der Waals surface area contributed by atoms with Gasteiger partial charge in [-0.15, -0.1) is 0 Å². The maximum Gasteiger partial charge on any atom is 0.306 e. The van der Waals surface area contributed by atoms with E-state index in [1.807, 2.05) is 26.8 Å². The lowest BCUT2D eigenvalue weighted by Gasteiger charge is -2.58. The molecule has 6 nitrogen and oxygen atoms in total. The van der Waals surface area contributed by atoms with Crippen molar-refractivity contribution in [2.24, 2.45) is 35.0 Å². The van der Waals surface area contributed by atoms with E-state index in [1.54, 1.807) is 0 Å². The molecule has 6 heteroatoms. The lowest BCUT2D eigenvalue weighted by Crippen LogP contribution is -2.64. The standard InChI is InChI=1S/C21H26O6/c1-9-6-14(25-4)20(24)21(3)12(9)8-13-16-11(7-15(22)27-13)10(2)19(26-5)18(23)17(16)21/h6,9,11-13,16-17H,7-8H2,1-5H3. The van der Waals surface area contributed by atoms with Crippen LogP contribution < -0.4 is 0 Å². The summed E-state index contributed by atoms with van der Waals surface area (Å²) < 4.78 is 16.5. The van der Waals surface area contributed by atoms with E-state index in [4.69, 9.17) is 14.2 Å². The number of methoxy groups -OCH3 is 2. The molecule has 4 aliphatic rings. The van der Waals surface area contributed by atoms with Gasteiger partial charge in [-0.05, 0) is 36.8 Å².